The van der Waals surface area contributed by atoms with Gasteiger partial charge >= 0.3 is 5.97 Å². The van der Waals surface area contributed by atoms with Crippen LogP contribution in [-0.2, 0) is 4.74 Å². The van der Waals surface area contributed by atoms with E-state index in [0.29, 0.717) is 22.0 Å². The molecule has 0 saturated heterocycles. The fraction of sp³-hybridized carbons (Fsp3) is 0.158. The van der Waals surface area contributed by atoms with E-state index in [-0.39, 0.29) is 22.3 Å². The minimum absolute atomic E-state index is 0.242. The number of nitrogens with zero attached hydrogens (tertiary/aromatic N) is 2. The van der Waals surface area contributed by atoms with Gasteiger partial charge in [0.1, 0.15) is 5.69 Å². The van der Waals surface area contributed by atoms with Gasteiger partial charge in [0.05, 0.1) is 22.3 Å². The van der Waals surface area contributed by atoms with Gasteiger partial charge < -0.3 is 4.74 Å². The number of carbonyl (C=O) groups excluding carboxylic acids is 1. The van der Waals surface area contributed by atoms with Crippen LogP contribution in [-0.4, -0.2) is 22.4 Å². The van der Waals surface area contributed by atoms with Gasteiger partial charge in [0.15, 0.2) is 5.69 Å². The summed E-state index contributed by atoms with van der Waals surface area (Å²) in [7, 11) is 0. The highest BCUT2D eigenvalue weighted by molar-refractivity contribution is 6.40. The van der Waals surface area contributed by atoms with Crippen LogP contribution in [0, 0.1) is 6.92 Å². The average Bonchev–Trinajstić information content (AvgIpc) is 2.92. The Labute approximate surface area is 166 Å². The largest absolute Gasteiger partial charge is 0.461 e. The Kier molecular flexibility index (Phi) is 5.56. The number of benzene rings is 2. The number of carbonyl (C=O) groups is 1. The molecule has 0 radical (unpaired) electrons. The van der Waals surface area contributed by atoms with E-state index in [1.165, 1.54) is 4.68 Å². The minimum atomic E-state index is -0.498. The summed E-state index contributed by atoms with van der Waals surface area (Å²) in [5.74, 6) is -0.498. The van der Waals surface area contributed by atoms with Crippen molar-refractivity contribution < 1.29 is 9.53 Å². The monoisotopic (exact) mass is 408 g/mol. The summed E-state index contributed by atoms with van der Waals surface area (Å²) >= 11 is 18.7. The fourth-order valence-electron chi connectivity index (χ4n) is 2.70. The Balaban J connectivity index is 2.30. The van der Waals surface area contributed by atoms with Crippen LogP contribution in [0.3, 0.4) is 0 Å². The normalized spacial score (nSPS) is 10.8. The van der Waals surface area contributed by atoms with E-state index in [1.807, 2.05) is 37.3 Å². The molecule has 7 heteroatoms. The summed E-state index contributed by atoms with van der Waals surface area (Å²) in [4.78, 5) is 12.6. The van der Waals surface area contributed by atoms with Gasteiger partial charge in [-0.25, -0.2) is 9.48 Å². The van der Waals surface area contributed by atoms with Crippen LogP contribution >= 0.6 is 34.8 Å². The Morgan fingerprint density at radius 1 is 1.12 bits per heavy atom. The molecule has 0 atom stereocenters. The molecule has 1 aromatic heterocycles. The fourth-order valence-corrected chi connectivity index (χ4v) is 3.68. The first kappa shape index (κ1) is 18.8. The highest BCUT2D eigenvalue weighted by atomic mass is 35.5. The van der Waals surface area contributed by atoms with Gasteiger partial charge in [0.25, 0.3) is 0 Å². The Morgan fingerprint density at radius 2 is 1.73 bits per heavy atom. The van der Waals surface area contributed by atoms with Crippen molar-refractivity contribution in [3.05, 3.63) is 68.8 Å². The molecule has 0 aliphatic carbocycles. The standard InChI is InChI=1S/C19H15Cl3N2O2/c1-3-26-19(25)17-11(2)16(12-7-5-4-6-8-12)23-24(17)18-14(21)9-13(20)10-15(18)22/h4-10H,3H2,1-2H3. The van der Waals surface area contributed by atoms with Crippen LogP contribution < -0.4 is 0 Å². The maximum absolute atomic E-state index is 12.6. The molecule has 134 valence electrons. The summed E-state index contributed by atoms with van der Waals surface area (Å²) in [6.07, 6.45) is 0. The molecule has 2 aromatic carbocycles. The third-order valence-electron chi connectivity index (χ3n) is 3.83. The number of ether oxygens (including phenoxy) is 1. The van der Waals surface area contributed by atoms with Crippen molar-refractivity contribution in [3.8, 4) is 16.9 Å². The van der Waals surface area contributed by atoms with E-state index in [1.54, 1.807) is 19.1 Å². The Hall–Kier alpha value is -2.01. The molecule has 3 aromatic rings. The topological polar surface area (TPSA) is 44.1 Å². The van der Waals surface area contributed by atoms with Gasteiger partial charge in [-0.3, -0.25) is 0 Å². The molecule has 0 spiro atoms. The molecule has 1 heterocycles. The van der Waals surface area contributed by atoms with Crippen molar-refractivity contribution in [3.63, 3.8) is 0 Å². The number of rotatable bonds is 4. The van der Waals surface area contributed by atoms with E-state index < -0.39 is 5.97 Å². The van der Waals surface area contributed by atoms with Gasteiger partial charge in [0.2, 0.25) is 0 Å². The molecular formula is C19H15Cl3N2O2. The van der Waals surface area contributed by atoms with E-state index in [2.05, 4.69) is 5.10 Å². The van der Waals surface area contributed by atoms with E-state index in [4.69, 9.17) is 39.5 Å². The van der Waals surface area contributed by atoms with Crippen LogP contribution in [0.25, 0.3) is 16.9 Å². The maximum atomic E-state index is 12.6. The van der Waals surface area contributed by atoms with Crippen molar-refractivity contribution in [1.82, 2.24) is 9.78 Å². The van der Waals surface area contributed by atoms with E-state index in [9.17, 15) is 4.79 Å². The Morgan fingerprint density at radius 3 is 2.31 bits per heavy atom. The number of halogens is 3. The Bertz CT molecular complexity index is 945. The van der Waals surface area contributed by atoms with E-state index in [0.717, 1.165) is 5.56 Å². The molecule has 0 saturated carbocycles. The van der Waals surface area contributed by atoms with Crippen molar-refractivity contribution in [2.45, 2.75) is 13.8 Å². The zero-order valence-electron chi connectivity index (χ0n) is 14.1. The third kappa shape index (κ3) is 3.45. The number of hydrogen-bond donors (Lipinski definition) is 0. The molecule has 4 nitrogen and oxygen atoms in total. The summed E-state index contributed by atoms with van der Waals surface area (Å²) in [5, 5.41) is 5.58. The number of esters is 1. The molecule has 0 aliphatic heterocycles. The van der Waals surface area contributed by atoms with Crippen LogP contribution in [0.2, 0.25) is 15.1 Å². The molecule has 0 N–H and O–H groups in total. The SMILES string of the molecule is CCOC(=O)c1c(C)c(-c2ccccc2)nn1-c1c(Cl)cc(Cl)cc1Cl. The lowest BCUT2D eigenvalue weighted by Gasteiger charge is -2.11. The quantitative estimate of drug-likeness (QED) is 0.497. The molecule has 0 aliphatic rings. The molecule has 0 amide bonds. The van der Waals surface area contributed by atoms with Gasteiger partial charge in [-0.15, -0.1) is 0 Å². The average molecular weight is 410 g/mol. The highest BCUT2D eigenvalue weighted by Gasteiger charge is 2.26. The lowest BCUT2D eigenvalue weighted by atomic mass is 10.1. The van der Waals surface area contributed by atoms with Crippen molar-refractivity contribution in [1.29, 1.82) is 0 Å². The van der Waals surface area contributed by atoms with Gasteiger partial charge in [0, 0.05) is 16.1 Å². The van der Waals surface area contributed by atoms with Gasteiger partial charge in [-0.05, 0) is 26.0 Å². The molecule has 0 fully saturated rings. The van der Waals surface area contributed by atoms with Crippen molar-refractivity contribution in [2.75, 3.05) is 6.61 Å². The lowest BCUT2D eigenvalue weighted by Crippen LogP contribution is -2.13. The van der Waals surface area contributed by atoms with Crippen LogP contribution in [0.15, 0.2) is 42.5 Å². The predicted octanol–water partition coefficient (Wildman–Crippen LogP) is 5.98. The number of hydrogen-bond acceptors (Lipinski definition) is 3. The maximum Gasteiger partial charge on any atom is 0.357 e. The first-order chi connectivity index (χ1) is 12.4. The summed E-state index contributed by atoms with van der Waals surface area (Å²) in [6, 6.07) is 12.7. The first-order valence-electron chi connectivity index (χ1n) is 7.91. The zero-order chi connectivity index (χ0) is 18.8. The lowest BCUT2D eigenvalue weighted by molar-refractivity contribution is 0.0515. The van der Waals surface area contributed by atoms with Crippen molar-refractivity contribution in [2.24, 2.45) is 0 Å². The van der Waals surface area contributed by atoms with Gasteiger partial charge in [-0.1, -0.05) is 65.1 Å². The second-order valence-corrected chi connectivity index (χ2v) is 6.79. The van der Waals surface area contributed by atoms with Crippen LogP contribution in [0.4, 0.5) is 0 Å². The summed E-state index contributed by atoms with van der Waals surface area (Å²) in [5.41, 5.74) is 2.85. The summed E-state index contributed by atoms with van der Waals surface area (Å²) in [6.45, 7) is 3.80. The third-order valence-corrected chi connectivity index (χ3v) is 4.63. The first-order valence-corrected chi connectivity index (χ1v) is 9.04. The second-order valence-electron chi connectivity index (χ2n) is 5.54. The molecule has 26 heavy (non-hydrogen) atoms. The summed E-state index contributed by atoms with van der Waals surface area (Å²) < 4.78 is 6.64. The van der Waals surface area contributed by atoms with Crippen LogP contribution in [0.5, 0.6) is 0 Å². The molecule has 0 bridgehead atoms. The van der Waals surface area contributed by atoms with Crippen LogP contribution in [0.1, 0.15) is 23.0 Å². The molecule has 0 unspecified atom stereocenters. The zero-order valence-corrected chi connectivity index (χ0v) is 16.4. The second kappa shape index (κ2) is 7.70. The molecule has 3 rings (SSSR count). The number of aromatic nitrogens is 2. The minimum Gasteiger partial charge on any atom is -0.461 e. The van der Waals surface area contributed by atoms with E-state index >= 15 is 0 Å². The molecular weight excluding hydrogens is 395 g/mol. The predicted molar refractivity (Wildman–Crippen MR) is 105 cm³/mol. The van der Waals surface area contributed by atoms with Crippen molar-refractivity contribution >= 4 is 40.8 Å². The highest BCUT2D eigenvalue weighted by Crippen LogP contribution is 2.35. The van der Waals surface area contributed by atoms with Gasteiger partial charge in [-0.2, -0.15) is 5.10 Å². The smallest absolute Gasteiger partial charge is 0.357 e.